The molecule has 156 valence electrons. The Hall–Kier alpha value is -2.13. The number of rotatable bonds is 6. The lowest BCUT2D eigenvalue weighted by Crippen LogP contribution is -2.40. The van der Waals surface area contributed by atoms with E-state index in [9.17, 15) is 13.2 Å². The lowest BCUT2D eigenvalue weighted by Gasteiger charge is -2.26. The van der Waals surface area contributed by atoms with Gasteiger partial charge in [0.15, 0.2) is 0 Å². The van der Waals surface area contributed by atoms with Crippen LogP contribution in [-0.4, -0.2) is 51.5 Å². The summed E-state index contributed by atoms with van der Waals surface area (Å²) >= 11 is 6.16. The van der Waals surface area contributed by atoms with E-state index in [1.165, 1.54) is 16.4 Å². The van der Waals surface area contributed by atoms with Crippen molar-refractivity contribution in [3.63, 3.8) is 0 Å². The third-order valence-electron chi connectivity index (χ3n) is 4.85. The lowest BCUT2D eigenvalue weighted by molar-refractivity contribution is -0.114. The number of hydrogen-bond donors (Lipinski definition) is 2. The summed E-state index contributed by atoms with van der Waals surface area (Å²) in [5, 5.41) is 5.97. The molecule has 1 heterocycles. The molecule has 0 aliphatic carbocycles. The molecule has 9 heteroatoms. The van der Waals surface area contributed by atoms with Gasteiger partial charge in [-0.2, -0.15) is 4.31 Å². The van der Waals surface area contributed by atoms with Gasteiger partial charge in [0.25, 0.3) is 0 Å². The van der Waals surface area contributed by atoms with Crippen LogP contribution in [0, 0.1) is 13.8 Å². The molecule has 1 aliphatic rings. The van der Waals surface area contributed by atoms with Crippen molar-refractivity contribution in [3.8, 4) is 0 Å². The smallest absolute Gasteiger partial charge is 0.244 e. The van der Waals surface area contributed by atoms with E-state index < -0.39 is 10.0 Å². The minimum absolute atomic E-state index is 0.00788. The SMILES string of the molecule is Cc1cccc(NC(=O)CNc2ccc(Cl)c(S(=O)(=O)N3CCOCC3)c2)c1C. The van der Waals surface area contributed by atoms with E-state index in [4.69, 9.17) is 16.3 Å². The summed E-state index contributed by atoms with van der Waals surface area (Å²) < 4.78 is 32.3. The van der Waals surface area contributed by atoms with Crippen molar-refractivity contribution < 1.29 is 17.9 Å². The highest BCUT2D eigenvalue weighted by Gasteiger charge is 2.28. The van der Waals surface area contributed by atoms with Crippen LogP contribution in [0.4, 0.5) is 11.4 Å². The number of nitrogens with one attached hydrogen (secondary N) is 2. The third kappa shape index (κ3) is 5.08. The summed E-state index contributed by atoms with van der Waals surface area (Å²) in [5.41, 5.74) is 3.35. The molecule has 2 aromatic carbocycles. The van der Waals surface area contributed by atoms with E-state index in [1.807, 2.05) is 32.0 Å². The first kappa shape index (κ1) is 21.6. The Kier molecular flexibility index (Phi) is 6.79. The molecule has 0 saturated carbocycles. The van der Waals surface area contributed by atoms with E-state index in [-0.39, 0.29) is 35.5 Å². The highest BCUT2D eigenvalue weighted by molar-refractivity contribution is 7.89. The van der Waals surface area contributed by atoms with Crippen LogP contribution in [-0.2, 0) is 19.6 Å². The number of nitrogens with zero attached hydrogens (tertiary/aromatic N) is 1. The minimum Gasteiger partial charge on any atom is -0.379 e. The van der Waals surface area contributed by atoms with Crippen LogP contribution in [0.1, 0.15) is 11.1 Å². The molecule has 3 rings (SSSR count). The molecular formula is C20H24ClN3O4S. The summed E-state index contributed by atoms with van der Waals surface area (Å²) in [7, 11) is -3.73. The number of carbonyl (C=O) groups excluding carboxylic acids is 1. The summed E-state index contributed by atoms with van der Waals surface area (Å²) in [6.45, 7) is 5.20. The Balaban J connectivity index is 1.69. The molecule has 2 N–H and O–H groups in total. The van der Waals surface area contributed by atoms with Crippen molar-refractivity contribution in [1.29, 1.82) is 0 Å². The number of benzene rings is 2. The topological polar surface area (TPSA) is 87.7 Å². The Labute approximate surface area is 176 Å². The van der Waals surface area contributed by atoms with Gasteiger partial charge in [-0.3, -0.25) is 4.79 Å². The Bertz CT molecular complexity index is 1000. The number of amides is 1. The average Bonchev–Trinajstić information content (AvgIpc) is 2.71. The van der Waals surface area contributed by atoms with Crippen molar-refractivity contribution in [2.75, 3.05) is 43.5 Å². The van der Waals surface area contributed by atoms with Crippen molar-refractivity contribution >= 4 is 38.9 Å². The number of sulfonamides is 1. The Morgan fingerprint density at radius 1 is 1.17 bits per heavy atom. The van der Waals surface area contributed by atoms with E-state index in [0.29, 0.717) is 18.9 Å². The van der Waals surface area contributed by atoms with Gasteiger partial charge in [0.1, 0.15) is 4.90 Å². The number of morpholine rings is 1. The first-order valence-electron chi connectivity index (χ1n) is 9.26. The molecule has 0 spiro atoms. The van der Waals surface area contributed by atoms with Gasteiger partial charge in [-0.05, 0) is 49.2 Å². The molecule has 0 unspecified atom stereocenters. The molecular weight excluding hydrogens is 414 g/mol. The van der Waals surface area contributed by atoms with Crippen LogP contribution in [0.2, 0.25) is 5.02 Å². The molecule has 0 atom stereocenters. The molecule has 0 bridgehead atoms. The number of halogens is 1. The fraction of sp³-hybridized carbons (Fsp3) is 0.350. The van der Waals surface area contributed by atoms with Crippen LogP contribution < -0.4 is 10.6 Å². The molecule has 1 amide bonds. The predicted molar refractivity (Wildman–Crippen MR) is 114 cm³/mol. The van der Waals surface area contributed by atoms with Crippen LogP contribution in [0.25, 0.3) is 0 Å². The van der Waals surface area contributed by atoms with Crippen LogP contribution in [0.15, 0.2) is 41.3 Å². The maximum absolute atomic E-state index is 12.9. The van der Waals surface area contributed by atoms with Gasteiger partial charge < -0.3 is 15.4 Å². The fourth-order valence-corrected chi connectivity index (χ4v) is 4.91. The molecule has 29 heavy (non-hydrogen) atoms. The Morgan fingerprint density at radius 3 is 2.62 bits per heavy atom. The minimum atomic E-state index is -3.73. The van der Waals surface area contributed by atoms with Gasteiger partial charge in [-0.1, -0.05) is 23.7 Å². The monoisotopic (exact) mass is 437 g/mol. The van der Waals surface area contributed by atoms with Gasteiger partial charge in [0, 0.05) is 24.5 Å². The standard InChI is InChI=1S/C20H24ClN3O4S/c1-14-4-3-5-18(15(14)2)23-20(25)13-22-16-6-7-17(21)19(12-16)29(26,27)24-8-10-28-11-9-24/h3-7,12,22H,8-11,13H2,1-2H3,(H,23,25). The molecule has 0 radical (unpaired) electrons. The summed E-state index contributed by atoms with van der Waals surface area (Å²) in [6, 6.07) is 10.3. The van der Waals surface area contributed by atoms with Crippen molar-refractivity contribution in [3.05, 3.63) is 52.5 Å². The number of hydrogen-bond acceptors (Lipinski definition) is 5. The lowest BCUT2D eigenvalue weighted by atomic mass is 10.1. The second-order valence-electron chi connectivity index (χ2n) is 6.81. The number of ether oxygens (including phenoxy) is 1. The largest absolute Gasteiger partial charge is 0.379 e. The highest BCUT2D eigenvalue weighted by atomic mass is 35.5. The fourth-order valence-electron chi connectivity index (χ4n) is 3.00. The molecule has 1 aliphatic heterocycles. The highest BCUT2D eigenvalue weighted by Crippen LogP contribution is 2.28. The van der Waals surface area contributed by atoms with E-state index in [1.54, 1.807) is 6.07 Å². The van der Waals surface area contributed by atoms with Gasteiger partial charge in [0.05, 0.1) is 24.8 Å². The Morgan fingerprint density at radius 2 is 1.90 bits per heavy atom. The predicted octanol–water partition coefficient (Wildman–Crippen LogP) is 3.03. The number of carbonyl (C=O) groups is 1. The maximum atomic E-state index is 12.9. The first-order valence-corrected chi connectivity index (χ1v) is 11.1. The van der Waals surface area contributed by atoms with Crippen LogP contribution >= 0.6 is 11.6 Å². The summed E-state index contributed by atoms with van der Waals surface area (Å²) in [6.07, 6.45) is 0. The van der Waals surface area contributed by atoms with E-state index in [2.05, 4.69) is 10.6 Å². The van der Waals surface area contributed by atoms with Crippen molar-refractivity contribution in [2.24, 2.45) is 0 Å². The molecule has 1 fully saturated rings. The zero-order valence-corrected chi connectivity index (χ0v) is 17.9. The molecule has 1 saturated heterocycles. The molecule has 0 aromatic heterocycles. The van der Waals surface area contributed by atoms with E-state index >= 15 is 0 Å². The van der Waals surface area contributed by atoms with Gasteiger partial charge >= 0.3 is 0 Å². The quantitative estimate of drug-likeness (QED) is 0.725. The van der Waals surface area contributed by atoms with Crippen molar-refractivity contribution in [2.45, 2.75) is 18.7 Å². The van der Waals surface area contributed by atoms with Gasteiger partial charge in [-0.15, -0.1) is 0 Å². The van der Waals surface area contributed by atoms with Gasteiger partial charge in [-0.25, -0.2) is 8.42 Å². The average molecular weight is 438 g/mol. The zero-order chi connectivity index (χ0) is 21.0. The summed E-state index contributed by atoms with van der Waals surface area (Å²) in [4.78, 5) is 12.3. The second kappa shape index (κ2) is 9.13. The van der Waals surface area contributed by atoms with Crippen LogP contribution in [0.5, 0.6) is 0 Å². The maximum Gasteiger partial charge on any atom is 0.244 e. The summed E-state index contributed by atoms with van der Waals surface area (Å²) in [5.74, 6) is -0.230. The third-order valence-corrected chi connectivity index (χ3v) is 7.23. The number of anilines is 2. The van der Waals surface area contributed by atoms with Crippen LogP contribution in [0.3, 0.4) is 0 Å². The normalized spacial score (nSPS) is 15.1. The second-order valence-corrected chi connectivity index (χ2v) is 9.12. The first-order chi connectivity index (χ1) is 13.8. The number of aryl methyl sites for hydroxylation is 1. The molecule has 7 nitrogen and oxygen atoms in total. The zero-order valence-electron chi connectivity index (χ0n) is 16.4. The van der Waals surface area contributed by atoms with Crippen molar-refractivity contribution in [1.82, 2.24) is 4.31 Å². The van der Waals surface area contributed by atoms with E-state index in [0.717, 1.165) is 16.8 Å². The van der Waals surface area contributed by atoms with Gasteiger partial charge in [0.2, 0.25) is 15.9 Å². The molecule has 2 aromatic rings.